The van der Waals surface area contributed by atoms with E-state index in [4.69, 9.17) is 21.4 Å². The third-order valence-electron chi connectivity index (χ3n) is 2.60. The first-order valence-corrected chi connectivity index (χ1v) is 6.44. The summed E-state index contributed by atoms with van der Waals surface area (Å²) in [5, 5.41) is 12.0. The molecule has 6 heteroatoms. The predicted octanol–water partition coefficient (Wildman–Crippen LogP) is 3.06. The maximum Gasteiger partial charge on any atom is 0.335 e. The molecule has 2 aromatic rings. The number of rotatable bonds is 5. The van der Waals surface area contributed by atoms with Crippen LogP contribution in [0.3, 0.4) is 0 Å². The van der Waals surface area contributed by atoms with Gasteiger partial charge in [-0.1, -0.05) is 11.6 Å². The van der Waals surface area contributed by atoms with E-state index in [1.165, 1.54) is 24.3 Å². The number of hydrogen-bond acceptors (Lipinski definition) is 3. The van der Waals surface area contributed by atoms with E-state index in [9.17, 15) is 9.59 Å². The Morgan fingerprint density at radius 2 is 1.67 bits per heavy atom. The van der Waals surface area contributed by atoms with Crippen molar-refractivity contribution >= 4 is 29.2 Å². The largest absolute Gasteiger partial charge is 0.484 e. The Labute approximate surface area is 126 Å². The molecular weight excluding hydrogens is 294 g/mol. The molecular formula is C15H12ClNO4. The van der Waals surface area contributed by atoms with Gasteiger partial charge >= 0.3 is 5.97 Å². The second-order valence-corrected chi connectivity index (χ2v) is 4.61. The van der Waals surface area contributed by atoms with Gasteiger partial charge in [-0.25, -0.2) is 4.79 Å². The van der Waals surface area contributed by atoms with Gasteiger partial charge in [0, 0.05) is 10.7 Å². The fraction of sp³-hybridized carbons (Fsp3) is 0.0667. The molecule has 0 radical (unpaired) electrons. The van der Waals surface area contributed by atoms with Crippen LogP contribution < -0.4 is 10.1 Å². The summed E-state index contributed by atoms with van der Waals surface area (Å²) >= 11 is 5.75. The summed E-state index contributed by atoms with van der Waals surface area (Å²) in [6.07, 6.45) is 0. The van der Waals surface area contributed by atoms with Gasteiger partial charge in [0.25, 0.3) is 5.91 Å². The molecule has 5 nitrogen and oxygen atoms in total. The van der Waals surface area contributed by atoms with Crippen LogP contribution in [-0.4, -0.2) is 23.6 Å². The van der Waals surface area contributed by atoms with Crippen molar-refractivity contribution in [2.75, 3.05) is 11.9 Å². The topological polar surface area (TPSA) is 75.6 Å². The van der Waals surface area contributed by atoms with E-state index in [-0.39, 0.29) is 18.1 Å². The Bertz CT molecular complexity index is 638. The average Bonchev–Trinajstić information content (AvgIpc) is 2.48. The van der Waals surface area contributed by atoms with Crippen LogP contribution in [0.5, 0.6) is 5.75 Å². The second-order valence-electron chi connectivity index (χ2n) is 4.17. The van der Waals surface area contributed by atoms with Gasteiger partial charge in [-0.2, -0.15) is 0 Å². The normalized spacial score (nSPS) is 9.95. The third-order valence-corrected chi connectivity index (χ3v) is 2.85. The predicted molar refractivity (Wildman–Crippen MR) is 79.0 cm³/mol. The van der Waals surface area contributed by atoms with Gasteiger partial charge < -0.3 is 15.2 Å². The lowest BCUT2D eigenvalue weighted by molar-refractivity contribution is -0.118. The number of carboxylic acid groups (broad SMARTS) is 1. The number of aromatic carboxylic acids is 1. The molecule has 0 aliphatic carbocycles. The zero-order chi connectivity index (χ0) is 15.2. The summed E-state index contributed by atoms with van der Waals surface area (Å²) in [6.45, 7) is -0.172. The Balaban J connectivity index is 1.86. The van der Waals surface area contributed by atoms with Crippen LogP contribution >= 0.6 is 11.6 Å². The number of amides is 1. The first-order valence-electron chi connectivity index (χ1n) is 6.06. The molecule has 2 aromatic carbocycles. The molecule has 0 aromatic heterocycles. The number of carbonyl (C=O) groups excluding carboxylic acids is 1. The first kappa shape index (κ1) is 14.9. The molecule has 21 heavy (non-hydrogen) atoms. The minimum absolute atomic E-state index is 0.160. The minimum Gasteiger partial charge on any atom is -0.484 e. The zero-order valence-corrected chi connectivity index (χ0v) is 11.6. The van der Waals surface area contributed by atoms with E-state index in [1.807, 2.05) is 0 Å². The van der Waals surface area contributed by atoms with Gasteiger partial charge in [0.15, 0.2) is 6.61 Å². The number of anilines is 1. The van der Waals surface area contributed by atoms with Crippen LogP contribution in [-0.2, 0) is 4.79 Å². The monoisotopic (exact) mass is 305 g/mol. The summed E-state index contributed by atoms with van der Waals surface area (Å²) < 4.78 is 5.27. The van der Waals surface area contributed by atoms with Crippen molar-refractivity contribution in [3.63, 3.8) is 0 Å². The van der Waals surface area contributed by atoms with Crippen molar-refractivity contribution in [2.24, 2.45) is 0 Å². The van der Waals surface area contributed by atoms with Crippen LogP contribution in [0.4, 0.5) is 5.69 Å². The average molecular weight is 306 g/mol. The maximum atomic E-state index is 11.7. The Hall–Kier alpha value is -2.53. The number of hydrogen-bond donors (Lipinski definition) is 2. The van der Waals surface area contributed by atoms with E-state index in [0.29, 0.717) is 16.5 Å². The highest BCUT2D eigenvalue weighted by atomic mass is 35.5. The van der Waals surface area contributed by atoms with Gasteiger partial charge in [0.05, 0.1) is 5.56 Å². The number of halogens is 1. The number of carbonyl (C=O) groups is 2. The van der Waals surface area contributed by atoms with Crippen LogP contribution in [0.25, 0.3) is 0 Å². The van der Waals surface area contributed by atoms with Crippen molar-refractivity contribution in [1.82, 2.24) is 0 Å². The van der Waals surface area contributed by atoms with Gasteiger partial charge in [0.1, 0.15) is 5.75 Å². The molecule has 1 amide bonds. The number of carboxylic acids is 1. The summed E-state index contributed by atoms with van der Waals surface area (Å²) in [6, 6.07) is 12.5. The van der Waals surface area contributed by atoms with Crippen LogP contribution in [0.2, 0.25) is 5.02 Å². The van der Waals surface area contributed by atoms with Gasteiger partial charge in [0.2, 0.25) is 0 Å². The van der Waals surface area contributed by atoms with Crippen LogP contribution in [0.1, 0.15) is 10.4 Å². The van der Waals surface area contributed by atoms with Gasteiger partial charge in [-0.05, 0) is 48.5 Å². The number of benzene rings is 2. The van der Waals surface area contributed by atoms with Gasteiger partial charge in [-0.15, -0.1) is 0 Å². The molecule has 2 rings (SSSR count). The Morgan fingerprint density at radius 3 is 2.24 bits per heavy atom. The number of nitrogens with one attached hydrogen (secondary N) is 1. The lowest BCUT2D eigenvalue weighted by Gasteiger charge is -2.07. The lowest BCUT2D eigenvalue weighted by Crippen LogP contribution is -2.20. The molecule has 0 heterocycles. The molecule has 0 aliphatic rings. The van der Waals surface area contributed by atoms with Crippen molar-refractivity contribution in [2.45, 2.75) is 0 Å². The van der Waals surface area contributed by atoms with E-state index < -0.39 is 5.97 Å². The maximum absolute atomic E-state index is 11.7. The van der Waals surface area contributed by atoms with Crippen LogP contribution in [0, 0.1) is 0 Å². The van der Waals surface area contributed by atoms with E-state index in [0.717, 1.165) is 0 Å². The zero-order valence-electron chi connectivity index (χ0n) is 10.9. The fourth-order valence-electron chi connectivity index (χ4n) is 1.57. The molecule has 108 valence electrons. The highest BCUT2D eigenvalue weighted by Gasteiger charge is 2.05. The second kappa shape index (κ2) is 6.76. The quantitative estimate of drug-likeness (QED) is 0.890. The highest BCUT2D eigenvalue weighted by molar-refractivity contribution is 6.30. The molecule has 0 saturated carbocycles. The van der Waals surface area contributed by atoms with E-state index >= 15 is 0 Å². The summed E-state index contributed by atoms with van der Waals surface area (Å²) in [7, 11) is 0. The fourth-order valence-corrected chi connectivity index (χ4v) is 1.70. The molecule has 0 saturated heterocycles. The summed E-state index contributed by atoms with van der Waals surface area (Å²) in [5.41, 5.74) is 0.780. The Kier molecular flexibility index (Phi) is 4.79. The lowest BCUT2D eigenvalue weighted by atomic mass is 10.2. The van der Waals surface area contributed by atoms with E-state index in [1.54, 1.807) is 24.3 Å². The first-order chi connectivity index (χ1) is 10.0. The summed E-state index contributed by atoms with van der Waals surface area (Å²) in [5.74, 6) is -0.909. The smallest absolute Gasteiger partial charge is 0.335 e. The van der Waals surface area contributed by atoms with Crippen molar-refractivity contribution < 1.29 is 19.4 Å². The molecule has 2 N–H and O–H groups in total. The molecule has 0 aliphatic heterocycles. The molecule has 0 unspecified atom stereocenters. The highest BCUT2D eigenvalue weighted by Crippen LogP contribution is 2.14. The number of ether oxygens (including phenoxy) is 1. The van der Waals surface area contributed by atoms with Gasteiger partial charge in [-0.3, -0.25) is 4.79 Å². The molecule has 0 spiro atoms. The van der Waals surface area contributed by atoms with Crippen molar-refractivity contribution in [3.8, 4) is 5.75 Å². The van der Waals surface area contributed by atoms with Crippen molar-refractivity contribution in [3.05, 3.63) is 59.1 Å². The standard InChI is InChI=1S/C15H12ClNO4/c16-11-3-5-12(6-4-11)17-14(18)9-21-13-7-1-10(2-8-13)15(19)20/h1-8H,9H2,(H,17,18)(H,19,20). The Morgan fingerprint density at radius 1 is 1.05 bits per heavy atom. The minimum atomic E-state index is -1.01. The summed E-state index contributed by atoms with van der Waals surface area (Å²) in [4.78, 5) is 22.4. The van der Waals surface area contributed by atoms with Crippen molar-refractivity contribution in [1.29, 1.82) is 0 Å². The third kappa shape index (κ3) is 4.50. The van der Waals surface area contributed by atoms with E-state index in [2.05, 4.69) is 5.32 Å². The molecule has 0 bridgehead atoms. The molecule has 0 fully saturated rings. The van der Waals surface area contributed by atoms with Crippen LogP contribution in [0.15, 0.2) is 48.5 Å². The molecule has 0 atom stereocenters. The SMILES string of the molecule is O=C(COc1ccc(C(=O)O)cc1)Nc1ccc(Cl)cc1.